The molecule has 5 aromatic rings. The van der Waals surface area contributed by atoms with Crippen LogP contribution in [0.3, 0.4) is 0 Å². The molecule has 44 heavy (non-hydrogen) atoms. The van der Waals surface area contributed by atoms with Gasteiger partial charge < -0.3 is 20.7 Å². The Morgan fingerprint density at radius 1 is 1.00 bits per heavy atom. The molecule has 1 atom stereocenters. The second-order valence-corrected chi connectivity index (χ2v) is 12.4. The Morgan fingerprint density at radius 2 is 1.73 bits per heavy atom. The Morgan fingerprint density at radius 3 is 2.45 bits per heavy atom. The van der Waals surface area contributed by atoms with Crippen LogP contribution in [0.15, 0.2) is 100 Å². The van der Waals surface area contributed by atoms with Crippen molar-refractivity contribution in [3.63, 3.8) is 0 Å². The van der Waals surface area contributed by atoms with Crippen molar-refractivity contribution in [2.75, 3.05) is 17.0 Å². The average Bonchev–Trinajstić information content (AvgIpc) is 3.50. The maximum Gasteiger partial charge on any atom is 0.276 e. The second-order valence-electron chi connectivity index (χ2n) is 10.7. The first-order valence-corrected chi connectivity index (χ1v) is 14.9. The number of phenolic OH excluding ortho intramolecular Hbond substituents is 1. The molecule has 226 valence electrons. The summed E-state index contributed by atoms with van der Waals surface area (Å²) in [7, 11) is -4.03. The number of carbonyl (C=O) groups excluding carboxylic acids is 1. The van der Waals surface area contributed by atoms with E-state index in [1.54, 1.807) is 56.3 Å². The van der Waals surface area contributed by atoms with E-state index in [4.69, 9.17) is 10.3 Å². The van der Waals surface area contributed by atoms with Crippen molar-refractivity contribution in [2.45, 2.75) is 24.9 Å². The molecule has 5 rings (SSSR count). The van der Waals surface area contributed by atoms with E-state index in [1.165, 1.54) is 48.5 Å². The predicted octanol–water partition coefficient (Wildman–Crippen LogP) is 5.35. The van der Waals surface area contributed by atoms with Crippen LogP contribution in [0.1, 0.15) is 35.9 Å². The molecule has 0 aliphatic heterocycles. The fourth-order valence-corrected chi connectivity index (χ4v) is 5.43. The summed E-state index contributed by atoms with van der Waals surface area (Å²) in [6.07, 6.45) is -1.56. The Hall–Kier alpha value is -5.30. The number of hydrogen-bond acceptors (Lipinski definition) is 9. The number of hydrogen-bond donors (Lipinski definition) is 4. The minimum Gasteiger partial charge on any atom is -0.507 e. The van der Waals surface area contributed by atoms with E-state index in [2.05, 4.69) is 25.2 Å². The summed E-state index contributed by atoms with van der Waals surface area (Å²) in [5.74, 6) is -0.00591. The third-order valence-corrected chi connectivity index (χ3v) is 8.21. The number of rotatable bonds is 10. The van der Waals surface area contributed by atoms with Gasteiger partial charge in [-0.3, -0.25) is 9.52 Å². The third kappa shape index (κ3) is 6.68. The van der Waals surface area contributed by atoms with Crippen molar-refractivity contribution >= 4 is 27.4 Å². The molecular formula is C31H29FN6O5S. The predicted molar refractivity (Wildman–Crippen MR) is 163 cm³/mol. The number of anilines is 2. The molecule has 2 heterocycles. The van der Waals surface area contributed by atoms with Crippen LogP contribution in [-0.4, -0.2) is 41.1 Å². The Balaban J connectivity index is 1.26. The van der Waals surface area contributed by atoms with E-state index in [1.807, 2.05) is 0 Å². The summed E-state index contributed by atoms with van der Waals surface area (Å²) in [6.45, 7) is 3.24. The van der Waals surface area contributed by atoms with Crippen LogP contribution in [0.2, 0.25) is 0 Å². The summed E-state index contributed by atoms with van der Waals surface area (Å²) in [4.78, 5) is 20.9. The molecule has 0 aliphatic carbocycles. The lowest BCUT2D eigenvalue weighted by atomic mass is 9.83. The summed E-state index contributed by atoms with van der Waals surface area (Å²) in [5.41, 5.74) is 6.05. The molecule has 0 bridgehead atoms. The third-order valence-electron chi connectivity index (χ3n) is 6.81. The van der Waals surface area contributed by atoms with Gasteiger partial charge >= 0.3 is 0 Å². The zero-order chi connectivity index (χ0) is 31.5. The van der Waals surface area contributed by atoms with E-state index in [0.29, 0.717) is 17.1 Å². The van der Waals surface area contributed by atoms with Gasteiger partial charge in [0, 0.05) is 23.2 Å². The molecule has 0 fully saturated rings. The van der Waals surface area contributed by atoms with Crippen molar-refractivity contribution in [3.8, 4) is 28.7 Å². The van der Waals surface area contributed by atoms with Crippen LogP contribution in [0.5, 0.6) is 5.75 Å². The van der Waals surface area contributed by atoms with Gasteiger partial charge in [0.25, 0.3) is 21.8 Å². The Bertz CT molecular complexity index is 1910. The van der Waals surface area contributed by atoms with Gasteiger partial charge in [-0.25, -0.2) is 17.8 Å². The lowest BCUT2D eigenvalue weighted by Crippen LogP contribution is -2.36. The molecule has 2 aromatic heterocycles. The zero-order valence-corrected chi connectivity index (χ0v) is 24.5. The first kappa shape index (κ1) is 30.2. The number of nitrogens with zero attached hydrogens (tertiary/aromatic N) is 3. The average molecular weight is 617 g/mol. The summed E-state index contributed by atoms with van der Waals surface area (Å²) in [5, 5.41) is 16.5. The van der Waals surface area contributed by atoms with Crippen LogP contribution >= 0.6 is 0 Å². The maximum atomic E-state index is 15.7. The Labute approximate surface area is 253 Å². The van der Waals surface area contributed by atoms with Crippen molar-refractivity contribution in [2.24, 2.45) is 5.41 Å². The quantitative estimate of drug-likeness (QED) is 0.161. The number of benzene rings is 3. The number of aromatic hydroxyl groups is 1. The van der Waals surface area contributed by atoms with Gasteiger partial charge in [0.1, 0.15) is 23.4 Å². The van der Waals surface area contributed by atoms with Gasteiger partial charge in [-0.2, -0.15) is 4.98 Å². The highest BCUT2D eigenvalue weighted by atomic mass is 32.2. The number of nitrogens with two attached hydrogens (primary N) is 1. The van der Waals surface area contributed by atoms with Crippen molar-refractivity contribution < 1.29 is 27.2 Å². The number of para-hydroxylation sites is 1. The van der Waals surface area contributed by atoms with E-state index >= 15 is 4.39 Å². The number of nitrogen functional groups attached to an aromatic ring is 1. The number of aromatic nitrogens is 3. The highest BCUT2D eigenvalue weighted by molar-refractivity contribution is 7.92. The molecule has 0 radical (unpaired) electrons. The van der Waals surface area contributed by atoms with Crippen LogP contribution in [0, 0.1) is 5.41 Å². The number of sulfonamides is 1. The van der Waals surface area contributed by atoms with Gasteiger partial charge in [0.15, 0.2) is 0 Å². The van der Waals surface area contributed by atoms with E-state index < -0.39 is 27.5 Å². The van der Waals surface area contributed by atoms with Crippen molar-refractivity contribution in [1.82, 2.24) is 20.4 Å². The molecule has 1 amide bonds. The molecule has 0 saturated carbocycles. The van der Waals surface area contributed by atoms with Crippen LogP contribution < -0.4 is 15.8 Å². The maximum absolute atomic E-state index is 15.7. The van der Waals surface area contributed by atoms with Crippen LogP contribution in [0.4, 0.5) is 15.9 Å². The molecule has 1 unspecified atom stereocenters. The summed E-state index contributed by atoms with van der Waals surface area (Å²) >= 11 is 0. The molecule has 0 aliphatic rings. The SMILES string of the molecule is CC(C)(CNC(=O)c1ccccc1O)C(F)c1cccc(NS(=O)(=O)c2ccc(-c3noc(-c4cccc(N)n4)n3)cc2)c1. The van der Waals surface area contributed by atoms with Crippen molar-refractivity contribution in [3.05, 3.63) is 102 Å². The molecule has 3 aromatic carbocycles. The second kappa shape index (κ2) is 12.1. The smallest absolute Gasteiger partial charge is 0.276 e. The first-order valence-electron chi connectivity index (χ1n) is 13.4. The normalized spacial score (nSPS) is 12.4. The molecule has 0 saturated heterocycles. The summed E-state index contributed by atoms with van der Waals surface area (Å²) in [6, 6.07) is 23.0. The van der Waals surface area contributed by atoms with E-state index in [9.17, 15) is 18.3 Å². The highest BCUT2D eigenvalue weighted by Crippen LogP contribution is 2.37. The number of phenols is 1. The topological polar surface area (TPSA) is 173 Å². The fourth-order valence-electron chi connectivity index (χ4n) is 4.38. The molecule has 0 spiro atoms. The lowest BCUT2D eigenvalue weighted by Gasteiger charge is -2.29. The molecule has 11 nitrogen and oxygen atoms in total. The number of amides is 1. The largest absolute Gasteiger partial charge is 0.507 e. The zero-order valence-electron chi connectivity index (χ0n) is 23.7. The molecule has 5 N–H and O–H groups in total. The van der Waals surface area contributed by atoms with E-state index in [0.717, 1.165) is 0 Å². The number of nitrogens with one attached hydrogen (secondary N) is 2. The van der Waals surface area contributed by atoms with Gasteiger partial charge in [-0.05, 0) is 66.2 Å². The minimum absolute atomic E-state index is 0.0307. The van der Waals surface area contributed by atoms with Gasteiger partial charge in [-0.1, -0.05) is 49.3 Å². The lowest BCUT2D eigenvalue weighted by molar-refractivity contribution is 0.0888. The van der Waals surface area contributed by atoms with Crippen LogP contribution in [-0.2, 0) is 10.0 Å². The molecular weight excluding hydrogens is 587 g/mol. The van der Waals surface area contributed by atoms with Crippen LogP contribution in [0.25, 0.3) is 23.0 Å². The molecule has 13 heteroatoms. The van der Waals surface area contributed by atoms with Gasteiger partial charge in [0.05, 0.1) is 10.5 Å². The fraction of sp³-hybridized carbons (Fsp3) is 0.161. The monoisotopic (exact) mass is 616 g/mol. The Kier molecular flexibility index (Phi) is 8.32. The van der Waals surface area contributed by atoms with E-state index in [-0.39, 0.29) is 45.7 Å². The number of halogens is 1. The standard InChI is InChI=1S/C31H29FN6O5S/c1-31(2,18-34-29(40)23-9-3-4-11-25(23)39)27(32)20-7-5-8-21(17-20)38-44(41,42)22-15-13-19(14-16-22)28-36-30(43-37-28)24-10-6-12-26(33)35-24/h3-17,27,38-39H,18H2,1-2H3,(H2,33,35)(H,34,40). The van der Waals surface area contributed by atoms with Gasteiger partial charge in [-0.15, -0.1) is 0 Å². The number of carbonyl (C=O) groups is 1. The minimum atomic E-state index is -4.03. The summed E-state index contributed by atoms with van der Waals surface area (Å²) < 4.78 is 49.8. The number of pyridine rings is 1. The van der Waals surface area contributed by atoms with Crippen molar-refractivity contribution in [1.29, 1.82) is 0 Å². The highest BCUT2D eigenvalue weighted by Gasteiger charge is 2.32. The number of alkyl halides is 1. The first-order chi connectivity index (χ1) is 20.9. The van der Waals surface area contributed by atoms with Gasteiger partial charge in [0.2, 0.25) is 5.82 Å².